The minimum absolute atomic E-state index is 0.204. The van der Waals surface area contributed by atoms with Crippen molar-refractivity contribution in [1.29, 1.82) is 0 Å². The molecule has 1 aromatic heterocycles. The molecular formula is C11H13N3O. The van der Waals surface area contributed by atoms with E-state index in [1.807, 2.05) is 25.2 Å². The van der Waals surface area contributed by atoms with E-state index in [1.54, 1.807) is 6.92 Å². The lowest BCUT2D eigenvalue weighted by Gasteiger charge is -2.29. The highest BCUT2D eigenvalue weighted by Crippen LogP contribution is 2.32. The fraction of sp³-hybridized carbons (Fsp3) is 0.364. The molecule has 0 saturated heterocycles. The summed E-state index contributed by atoms with van der Waals surface area (Å²) in [5, 5.41) is 10.2. The second-order valence-electron chi connectivity index (χ2n) is 3.95. The van der Waals surface area contributed by atoms with Crippen LogP contribution in [0.3, 0.4) is 0 Å². The molecule has 4 heteroatoms. The SMILES string of the molecule is CC1=CC(C)(O)C(c2ncncn2)C=C1. The van der Waals surface area contributed by atoms with Crippen molar-refractivity contribution in [3.8, 4) is 0 Å². The van der Waals surface area contributed by atoms with Gasteiger partial charge in [0.15, 0.2) is 0 Å². The molecule has 1 aliphatic rings. The number of nitrogens with zero attached hydrogens (tertiary/aromatic N) is 3. The molecule has 2 unspecified atom stereocenters. The first-order valence-electron chi connectivity index (χ1n) is 4.81. The second-order valence-corrected chi connectivity index (χ2v) is 3.95. The Balaban J connectivity index is 2.37. The maximum atomic E-state index is 10.2. The number of allylic oxidation sites excluding steroid dienone is 2. The Morgan fingerprint density at radius 1 is 1.33 bits per heavy atom. The van der Waals surface area contributed by atoms with Gasteiger partial charge in [0.05, 0.1) is 11.5 Å². The van der Waals surface area contributed by atoms with Gasteiger partial charge in [0.2, 0.25) is 0 Å². The highest BCUT2D eigenvalue weighted by molar-refractivity contribution is 5.33. The number of aromatic nitrogens is 3. The lowest BCUT2D eigenvalue weighted by atomic mass is 9.83. The summed E-state index contributed by atoms with van der Waals surface area (Å²) in [6.45, 7) is 3.71. The van der Waals surface area contributed by atoms with Gasteiger partial charge in [-0.2, -0.15) is 0 Å². The van der Waals surface area contributed by atoms with Crippen molar-refractivity contribution < 1.29 is 5.11 Å². The molecule has 1 aliphatic carbocycles. The van der Waals surface area contributed by atoms with Gasteiger partial charge in [-0.3, -0.25) is 0 Å². The molecule has 4 nitrogen and oxygen atoms in total. The minimum atomic E-state index is -0.930. The molecule has 0 saturated carbocycles. The zero-order valence-corrected chi connectivity index (χ0v) is 8.75. The average Bonchev–Trinajstić information content (AvgIpc) is 2.17. The van der Waals surface area contributed by atoms with Gasteiger partial charge in [-0.25, -0.2) is 15.0 Å². The van der Waals surface area contributed by atoms with E-state index in [0.29, 0.717) is 5.82 Å². The van der Waals surface area contributed by atoms with Crippen LogP contribution in [-0.2, 0) is 0 Å². The van der Waals surface area contributed by atoms with Crippen LogP contribution in [0.2, 0.25) is 0 Å². The van der Waals surface area contributed by atoms with Gasteiger partial charge in [0.1, 0.15) is 18.5 Å². The first kappa shape index (κ1) is 9.98. The first-order valence-corrected chi connectivity index (χ1v) is 4.81. The van der Waals surface area contributed by atoms with Crippen molar-refractivity contribution in [2.45, 2.75) is 25.4 Å². The van der Waals surface area contributed by atoms with E-state index in [-0.39, 0.29) is 5.92 Å². The Hall–Kier alpha value is -1.55. The van der Waals surface area contributed by atoms with E-state index in [9.17, 15) is 5.11 Å². The van der Waals surface area contributed by atoms with E-state index in [1.165, 1.54) is 12.7 Å². The number of rotatable bonds is 1. The quantitative estimate of drug-likeness (QED) is 0.745. The Labute approximate surface area is 88.4 Å². The molecular weight excluding hydrogens is 190 g/mol. The molecule has 2 atom stereocenters. The molecule has 2 rings (SSSR count). The molecule has 0 fully saturated rings. The monoisotopic (exact) mass is 203 g/mol. The Morgan fingerprint density at radius 2 is 2.00 bits per heavy atom. The van der Waals surface area contributed by atoms with Crippen molar-refractivity contribution in [2.75, 3.05) is 0 Å². The number of hydrogen-bond donors (Lipinski definition) is 1. The molecule has 1 heterocycles. The van der Waals surface area contributed by atoms with Crippen LogP contribution in [0.15, 0.2) is 36.5 Å². The molecule has 0 bridgehead atoms. The van der Waals surface area contributed by atoms with Gasteiger partial charge in [-0.05, 0) is 19.9 Å². The predicted octanol–water partition coefficient (Wildman–Crippen LogP) is 1.22. The normalized spacial score (nSPS) is 30.1. The third-order valence-electron chi connectivity index (χ3n) is 2.49. The van der Waals surface area contributed by atoms with Gasteiger partial charge in [0, 0.05) is 0 Å². The van der Waals surface area contributed by atoms with Gasteiger partial charge in [-0.1, -0.05) is 17.7 Å². The highest BCUT2D eigenvalue weighted by atomic mass is 16.3. The van der Waals surface area contributed by atoms with Crippen molar-refractivity contribution in [3.05, 3.63) is 42.3 Å². The van der Waals surface area contributed by atoms with E-state index >= 15 is 0 Å². The Bertz CT molecular complexity index is 409. The van der Waals surface area contributed by atoms with Gasteiger partial charge in [0.25, 0.3) is 0 Å². The van der Waals surface area contributed by atoms with E-state index in [0.717, 1.165) is 5.57 Å². The third kappa shape index (κ3) is 1.94. The summed E-state index contributed by atoms with van der Waals surface area (Å²) in [6, 6.07) is 0. The minimum Gasteiger partial charge on any atom is -0.385 e. The topological polar surface area (TPSA) is 58.9 Å². The second kappa shape index (κ2) is 3.55. The molecule has 1 aromatic rings. The lowest BCUT2D eigenvalue weighted by Crippen LogP contribution is -2.32. The molecule has 0 amide bonds. The van der Waals surface area contributed by atoms with Gasteiger partial charge < -0.3 is 5.11 Å². The fourth-order valence-electron chi connectivity index (χ4n) is 1.80. The molecule has 15 heavy (non-hydrogen) atoms. The maximum absolute atomic E-state index is 10.2. The summed E-state index contributed by atoms with van der Waals surface area (Å²) in [5.41, 5.74) is 0.116. The molecule has 0 spiro atoms. The van der Waals surface area contributed by atoms with Crippen molar-refractivity contribution in [3.63, 3.8) is 0 Å². The van der Waals surface area contributed by atoms with E-state index < -0.39 is 5.60 Å². The summed E-state index contributed by atoms with van der Waals surface area (Å²) in [7, 11) is 0. The molecule has 78 valence electrons. The van der Waals surface area contributed by atoms with Crippen LogP contribution in [0, 0.1) is 0 Å². The van der Waals surface area contributed by atoms with E-state index in [4.69, 9.17) is 0 Å². The molecule has 0 radical (unpaired) electrons. The molecule has 1 N–H and O–H groups in total. The van der Waals surface area contributed by atoms with Crippen molar-refractivity contribution >= 4 is 0 Å². The number of aliphatic hydroxyl groups is 1. The maximum Gasteiger partial charge on any atom is 0.142 e. The smallest absolute Gasteiger partial charge is 0.142 e. The zero-order valence-electron chi connectivity index (χ0n) is 8.75. The molecule has 0 aromatic carbocycles. The third-order valence-corrected chi connectivity index (χ3v) is 2.49. The van der Waals surface area contributed by atoms with Crippen LogP contribution < -0.4 is 0 Å². The predicted molar refractivity (Wildman–Crippen MR) is 56.1 cm³/mol. The standard InChI is InChI=1S/C11H13N3O/c1-8-3-4-9(11(2,15)5-8)10-13-6-12-7-14-10/h3-7,9,15H,1-2H3. The first-order chi connectivity index (χ1) is 7.09. The summed E-state index contributed by atoms with van der Waals surface area (Å²) < 4.78 is 0. The zero-order chi connectivity index (χ0) is 10.9. The number of hydrogen-bond acceptors (Lipinski definition) is 4. The Morgan fingerprint density at radius 3 is 2.60 bits per heavy atom. The summed E-state index contributed by atoms with van der Waals surface area (Å²) in [4.78, 5) is 11.9. The van der Waals surface area contributed by atoms with Gasteiger partial charge >= 0.3 is 0 Å². The summed E-state index contributed by atoms with van der Waals surface area (Å²) in [5.74, 6) is 0.388. The van der Waals surface area contributed by atoms with Crippen LogP contribution in [0.5, 0.6) is 0 Å². The average molecular weight is 203 g/mol. The van der Waals surface area contributed by atoms with Crippen LogP contribution in [0.25, 0.3) is 0 Å². The molecule has 0 aliphatic heterocycles. The summed E-state index contributed by atoms with van der Waals surface area (Å²) in [6.07, 6.45) is 8.59. The fourth-order valence-corrected chi connectivity index (χ4v) is 1.80. The van der Waals surface area contributed by atoms with Crippen LogP contribution in [0.4, 0.5) is 0 Å². The Kier molecular flexibility index (Phi) is 2.36. The largest absolute Gasteiger partial charge is 0.385 e. The van der Waals surface area contributed by atoms with Gasteiger partial charge in [-0.15, -0.1) is 0 Å². The van der Waals surface area contributed by atoms with E-state index in [2.05, 4.69) is 15.0 Å². The van der Waals surface area contributed by atoms with Crippen LogP contribution in [-0.4, -0.2) is 25.7 Å². The summed E-state index contributed by atoms with van der Waals surface area (Å²) >= 11 is 0. The van der Waals surface area contributed by atoms with Crippen molar-refractivity contribution in [1.82, 2.24) is 15.0 Å². The highest BCUT2D eigenvalue weighted by Gasteiger charge is 2.33. The van der Waals surface area contributed by atoms with Crippen molar-refractivity contribution in [2.24, 2.45) is 0 Å². The lowest BCUT2D eigenvalue weighted by molar-refractivity contribution is 0.0908. The van der Waals surface area contributed by atoms with Crippen LogP contribution >= 0.6 is 0 Å². The van der Waals surface area contributed by atoms with Crippen LogP contribution in [0.1, 0.15) is 25.6 Å².